The van der Waals surface area contributed by atoms with Crippen LogP contribution in [0.25, 0.3) is 41.4 Å². The Bertz CT molecular complexity index is 3310. The number of rotatable bonds is 11. The molecule has 24 heteroatoms. The molecule has 0 fully saturated rings. The van der Waals surface area contributed by atoms with Gasteiger partial charge in [-0.05, 0) is 52.4 Å². The molecule has 9 rings (SSSR count). The summed E-state index contributed by atoms with van der Waals surface area (Å²) in [5, 5.41) is 34.0. The van der Waals surface area contributed by atoms with Gasteiger partial charge in [-0.1, -0.05) is 86.9 Å². The van der Waals surface area contributed by atoms with Crippen LogP contribution in [-0.2, 0) is 14.2 Å². The number of carbonyl (C=O) groups is 5. The van der Waals surface area contributed by atoms with Gasteiger partial charge >= 0.3 is 47.5 Å². The average molecular weight is 1070 g/mol. The second kappa shape index (κ2) is 24.6. The van der Waals surface area contributed by atoms with Gasteiger partial charge in [0.25, 0.3) is 0 Å². The first-order chi connectivity index (χ1) is 33.6. The monoisotopic (exact) mass is 1070 g/mol. The number of carboxylic acids is 2. The first-order valence-corrected chi connectivity index (χ1v) is 25.4. The summed E-state index contributed by atoms with van der Waals surface area (Å²) in [5.41, 5.74) is 5.30. The van der Waals surface area contributed by atoms with Gasteiger partial charge in [0.2, 0.25) is 0 Å². The number of aromatic carboxylic acids is 2. The van der Waals surface area contributed by atoms with E-state index in [1.165, 1.54) is 52.6 Å². The number of thiazole rings is 4. The second-order valence-corrected chi connectivity index (χ2v) is 21.7. The van der Waals surface area contributed by atoms with Gasteiger partial charge in [0.15, 0.2) is 6.29 Å². The number of hydrogen-bond donors (Lipinski definition) is 2. The smallest absolute Gasteiger partial charge is 0.545 e. The van der Waals surface area contributed by atoms with E-state index >= 15 is 0 Å². The molecule has 72 heavy (non-hydrogen) atoms. The number of esters is 2. The Balaban J connectivity index is 0.000000178. The summed E-state index contributed by atoms with van der Waals surface area (Å²) in [6.07, 6.45) is 4.83. The van der Waals surface area contributed by atoms with Gasteiger partial charge in [-0.25, -0.2) is 54.3 Å². The number of aromatic nitrogens is 8. The Morgan fingerprint density at radius 1 is 0.722 bits per heavy atom. The molecular formula is C48H51N8NaO11S4. The SMILES string of the molecule is CCOC(=O)c1cnc2sc(C)nc2c1C=O.COC(c1c(C(=O)O)cnc2sc(C)nc12)C(C)C.Cc1nc2c(C(O)C(C)C)c(C(=O)[O-])cnc2s1.Cc1nc2c3c(cnc2s1)C(=O)OC3C(C)C.[Na+]. The van der Waals surface area contributed by atoms with Crippen molar-refractivity contribution in [2.24, 2.45) is 17.8 Å². The zero-order valence-corrected chi connectivity index (χ0v) is 47.1. The van der Waals surface area contributed by atoms with Gasteiger partial charge in [-0.3, -0.25) is 4.79 Å². The Morgan fingerprint density at radius 2 is 1.18 bits per heavy atom. The molecule has 0 spiro atoms. The summed E-state index contributed by atoms with van der Waals surface area (Å²) in [6.45, 7) is 21.1. The topological polar surface area (TPSA) is 280 Å². The third-order valence-corrected chi connectivity index (χ3v) is 14.3. The number of cyclic esters (lactones) is 1. The average Bonchev–Trinajstić information content (AvgIpc) is 4.14. The van der Waals surface area contributed by atoms with E-state index in [2.05, 4.69) is 39.9 Å². The number of aldehydes is 1. The van der Waals surface area contributed by atoms with Crippen LogP contribution in [0.15, 0.2) is 24.8 Å². The molecule has 0 saturated carbocycles. The van der Waals surface area contributed by atoms with E-state index in [0.29, 0.717) is 49.2 Å². The molecule has 0 aromatic carbocycles. The van der Waals surface area contributed by atoms with Gasteiger partial charge < -0.3 is 34.3 Å². The number of pyridine rings is 4. The Hall–Kier alpha value is -5.37. The van der Waals surface area contributed by atoms with E-state index < -0.39 is 24.0 Å². The van der Waals surface area contributed by atoms with Crippen molar-refractivity contribution in [3.8, 4) is 0 Å². The second-order valence-electron chi connectivity index (χ2n) is 17.0. The summed E-state index contributed by atoms with van der Waals surface area (Å²) < 4.78 is 15.7. The van der Waals surface area contributed by atoms with Crippen LogP contribution in [0.4, 0.5) is 0 Å². The van der Waals surface area contributed by atoms with Crippen LogP contribution in [0.5, 0.6) is 0 Å². The fraction of sp³-hybridized carbons (Fsp3) is 0.396. The van der Waals surface area contributed by atoms with Crippen LogP contribution >= 0.6 is 45.3 Å². The van der Waals surface area contributed by atoms with Gasteiger partial charge in [0.1, 0.15) is 47.5 Å². The molecule has 1 aliphatic heterocycles. The van der Waals surface area contributed by atoms with Crippen LogP contribution < -0.4 is 34.7 Å². The van der Waals surface area contributed by atoms with Crippen LogP contribution in [0.2, 0.25) is 0 Å². The molecule has 0 radical (unpaired) electrons. The van der Waals surface area contributed by atoms with E-state index in [1.807, 2.05) is 69.2 Å². The van der Waals surface area contributed by atoms with Gasteiger partial charge in [-0.15, -0.1) is 0 Å². The maximum Gasteiger partial charge on any atom is 1.00 e. The van der Waals surface area contributed by atoms with Crippen molar-refractivity contribution in [1.82, 2.24) is 39.9 Å². The molecule has 2 N–H and O–H groups in total. The minimum absolute atomic E-state index is 0. The quantitative estimate of drug-likeness (QED) is 0.0859. The number of fused-ring (bicyclic) bond motifs is 6. The normalized spacial score (nSPS) is 13.7. The first kappa shape index (κ1) is 57.5. The molecule has 19 nitrogen and oxygen atoms in total. The molecule has 0 aliphatic carbocycles. The molecule has 0 amide bonds. The van der Waals surface area contributed by atoms with Crippen molar-refractivity contribution in [1.29, 1.82) is 0 Å². The first-order valence-electron chi connectivity index (χ1n) is 22.1. The van der Waals surface area contributed by atoms with Crippen LogP contribution in [0.1, 0.15) is 155 Å². The Morgan fingerprint density at radius 3 is 1.64 bits per heavy atom. The minimum atomic E-state index is -1.34. The van der Waals surface area contributed by atoms with Gasteiger partial charge in [0, 0.05) is 54.2 Å². The fourth-order valence-electron chi connectivity index (χ4n) is 7.62. The Kier molecular flexibility index (Phi) is 19.6. The summed E-state index contributed by atoms with van der Waals surface area (Å²) in [4.78, 5) is 93.9. The molecule has 3 atom stereocenters. The van der Waals surface area contributed by atoms with Crippen molar-refractivity contribution < 1.29 is 83.1 Å². The van der Waals surface area contributed by atoms with Crippen LogP contribution in [-0.4, -0.2) is 94.0 Å². The van der Waals surface area contributed by atoms with Crippen molar-refractivity contribution >= 4 is 117 Å². The Labute approximate surface area is 451 Å². The van der Waals surface area contributed by atoms with Crippen molar-refractivity contribution in [3.63, 3.8) is 0 Å². The summed E-state index contributed by atoms with van der Waals surface area (Å²) in [5.74, 6) is -2.89. The van der Waals surface area contributed by atoms with Crippen LogP contribution in [0.3, 0.4) is 0 Å². The predicted molar refractivity (Wildman–Crippen MR) is 269 cm³/mol. The zero-order valence-electron chi connectivity index (χ0n) is 41.8. The number of hydrogen-bond acceptors (Lipinski definition) is 22. The standard InChI is InChI=1S/C13H16N2O3S.C12H14N2O3S.C12H12N2O2S.C11H10N2O3S.Na/c1-6(2)11(18-4)9-8(13(16)17)5-14-12-10(9)15-7(3)19-12;1-5(2)10(15)8-7(12(16)17)4-13-11-9(8)14-6(3)18-11;1-5(2)10-8-7(12(15)16-10)4-13-11-9(8)14-6(3)17-11;1-3-16-11(15)7-4-12-10-9(8(7)5-14)13-6(2)17-10;/h5-6,11H,1-4H3,(H,16,17);4-5,10,15H,1-3H3,(H,16,17);4-5,10H,1-3H3;4-5H,3H2,1-2H3;/q;;;;+1/p-1. The molecule has 1 aliphatic rings. The molecular weight excluding hydrogens is 1020 g/mol. The molecule has 3 unspecified atom stereocenters. The van der Waals surface area contributed by atoms with Crippen LogP contribution in [0, 0.1) is 45.4 Å². The number of aryl methyl sites for hydroxylation is 4. The van der Waals surface area contributed by atoms with Gasteiger partial charge in [0.05, 0.1) is 67.1 Å². The van der Waals surface area contributed by atoms with Crippen molar-refractivity contribution in [2.45, 2.75) is 94.5 Å². The van der Waals surface area contributed by atoms with E-state index in [1.54, 1.807) is 31.6 Å². The van der Waals surface area contributed by atoms with Gasteiger partial charge in [-0.2, -0.15) is 0 Å². The van der Waals surface area contributed by atoms with Crippen molar-refractivity contribution in [2.75, 3.05) is 13.7 Å². The van der Waals surface area contributed by atoms with Crippen molar-refractivity contribution in [3.05, 3.63) is 89.3 Å². The van der Waals surface area contributed by atoms with E-state index in [4.69, 9.17) is 14.2 Å². The summed E-state index contributed by atoms with van der Waals surface area (Å²) in [7, 11) is 1.59. The van der Waals surface area contributed by atoms with E-state index in [0.717, 1.165) is 40.8 Å². The number of carbonyl (C=O) groups excluding carboxylic acids is 4. The molecule has 8 aromatic heterocycles. The minimum Gasteiger partial charge on any atom is -0.545 e. The third-order valence-electron chi connectivity index (χ3n) is 10.8. The zero-order chi connectivity index (χ0) is 52.2. The summed E-state index contributed by atoms with van der Waals surface area (Å²) >= 11 is 5.75. The number of methoxy groups -OCH3 is 1. The number of nitrogens with zero attached hydrogens (tertiary/aromatic N) is 8. The fourth-order valence-corrected chi connectivity index (χ4v) is 10.7. The van der Waals surface area contributed by atoms with E-state index in [-0.39, 0.29) is 94.3 Å². The largest absolute Gasteiger partial charge is 1.00 e. The molecule has 9 heterocycles. The molecule has 0 saturated heterocycles. The number of aliphatic hydroxyl groups excluding tert-OH is 1. The summed E-state index contributed by atoms with van der Waals surface area (Å²) in [6, 6.07) is 0. The maximum atomic E-state index is 11.7. The molecule has 8 aromatic rings. The number of aliphatic hydroxyl groups is 1. The predicted octanol–water partition coefficient (Wildman–Crippen LogP) is 5.95. The molecule has 374 valence electrons. The van der Waals surface area contributed by atoms with E-state index in [9.17, 15) is 39.3 Å². The third kappa shape index (κ3) is 12.3. The number of ether oxygens (including phenoxy) is 3. The molecule has 0 bridgehead atoms. The maximum absolute atomic E-state index is 11.7. The number of carboxylic acid groups (broad SMARTS) is 2.